The first kappa shape index (κ1) is 56.7. The molecule has 0 aromatic heterocycles. The number of hydrogen-bond donors (Lipinski definition) is 1. The summed E-state index contributed by atoms with van der Waals surface area (Å²) in [6, 6.07) is -1.81. The van der Waals surface area contributed by atoms with E-state index >= 15 is 0 Å². The lowest BCUT2D eigenvalue weighted by atomic mass is 9.87. The van der Waals surface area contributed by atoms with E-state index in [-0.39, 0.29) is 56.3 Å². The van der Waals surface area contributed by atoms with E-state index in [1.807, 2.05) is 27.7 Å². The van der Waals surface area contributed by atoms with Crippen LogP contribution in [0.4, 0.5) is 4.39 Å². The minimum Gasteiger partial charge on any atom is -0.484 e. The van der Waals surface area contributed by atoms with Crippen molar-refractivity contribution >= 4 is 53.2 Å². The number of piperidine rings is 1. The number of ether oxygens (including phenoxy) is 4. The van der Waals surface area contributed by atoms with Gasteiger partial charge in [-0.1, -0.05) is 19.4 Å². The summed E-state index contributed by atoms with van der Waals surface area (Å²) in [7, 11) is 4.45. The molecule has 1 aromatic carbocycles. The molecule has 3 heterocycles. The lowest BCUT2D eigenvalue weighted by Crippen LogP contribution is -2.59. The Morgan fingerprint density at radius 3 is 2.16 bits per heavy atom. The zero-order valence-corrected chi connectivity index (χ0v) is 42.5. The van der Waals surface area contributed by atoms with Gasteiger partial charge in [0, 0.05) is 52.9 Å². The van der Waals surface area contributed by atoms with Crippen molar-refractivity contribution in [3.05, 3.63) is 41.7 Å². The first-order chi connectivity index (χ1) is 32.9. The smallest absolute Gasteiger partial charge is 0.330 e. The van der Waals surface area contributed by atoms with Crippen LogP contribution in [0.25, 0.3) is 0 Å². The molecule has 388 valence electrons. The van der Waals surface area contributed by atoms with E-state index in [4.69, 9.17) is 18.9 Å². The molecule has 1 unspecified atom stereocenters. The summed E-state index contributed by atoms with van der Waals surface area (Å²) < 4.78 is 37.4. The molecule has 20 heteroatoms. The highest BCUT2D eigenvalue weighted by Gasteiger charge is 2.44. The van der Waals surface area contributed by atoms with E-state index in [9.17, 15) is 47.5 Å². The first-order valence-corrected chi connectivity index (χ1v) is 24.2. The van der Waals surface area contributed by atoms with Gasteiger partial charge >= 0.3 is 11.9 Å². The van der Waals surface area contributed by atoms with Gasteiger partial charge in [0.1, 0.15) is 55.0 Å². The van der Waals surface area contributed by atoms with Crippen LogP contribution in [0.1, 0.15) is 112 Å². The molecule has 3 aliphatic rings. The molecule has 6 amide bonds. The summed E-state index contributed by atoms with van der Waals surface area (Å²) in [5.74, 6) is -6.90. The Morgan fingerprint density at radius 1 is 0.786 bits per heavy atom. The molecule has 0 radical (unpaired) electrons. The molecule has 1 aromatic rings. The highest BCUT2D eigenvalue weighted by molar-refractivity contribution is 6.38. The number of Topliss-reactive ketones (excluding diaryl/α,β-unsaturated/α-hetero) is 1. The van der Waals surface area contributed by atoms with Crippen molar-refractivity contribution in [3.63, 3.8) is 0 Å². The average molecular weight is 985 g/mol. The van der Waals surface area contributed by atoms with E-state index in [0.29, 0.717) is 44.9 Å². The molecule has 1 N–H and O–H groups in total. The molecular weight excluding hydrogens is 912 g/mol. The maximum atomic E-state index is 14.9. The van der Waals surface area contributed by atoms with Crippen molar-refractivity contribution in [1.82, 2.24) is 29.8 Å². The van der Waals surface area contributed by atoms with E-state index in [1.54, 1.807) is 13.1 Å². The standard InChI is InChI=1S/C50H73FN6O13/c1-11-18-36-44(62)55(10)39(29-70-49(3,4)5)46(64)56-24-17-20-37(56)45(63)53(8)22-15-12-13-21-41(59)69-31-50(6,7)42(60)47(65)57-23-16-14-19-38(57)48(66)68-28-33-25-34(51)27-35(26-33)67-30-40(58)54(9)32(2)43(61)52-36/h13,21,25-27,32,36-39H,11-12,14-20,22-24,28-31H2,1-10H3,(H,52,61)/t32-,36?,37-,38-,39-/m0/s1. The molecule has 0 spiro atoms. The second kappa shape index (κ2) is 25.3. The van der Waals surface area contributed by atoms with Crippen LogP contribution in [-0.4, -0.2) is 174 Å². The molecule has 0 aliphatic carbocycles. The van der Waals surface area contributed by atoms with Gasteiger partial charge in [0.2, 0.25) is 29.4 Å². The number of fused-ring (bicyclic) bond motifs is 4. The molecule has 0 saturated carbocycles. The number of allylic oxidation sites excluding steroid dienone is 1. The number of likely N-dealkylation sites (N-methyl/N-ethyl adjacent to an activating group) is 3. The zero-order chi connectivity index (χ0) is 52.1. The first-order valence-electron chi connectivity index (χ1n) is 24.2. The second-order valence-electron chi connectivity index (χ2n) is 19.9. The number of nitrogens with zero attached hydrogens (tertiary/aromatic N) is 5. The third-order valence-electron chi connectivity index (χ3n) is 12.7. The Hall–Kier alpha value is -5.92. The molecule has 4 rings (SSSR count). The number of cyclic esters (lactones) is 2. The monoisotopic (exact) mass is 985 g/mol. The van der Waals surface area contributed by atoms with Crippen molar-refractivity contribution in [2.24, 2.45) is 5.41 Å². The third-order valence-corrected chi connectivity index (χ3v) is 12.7. The van der Waals surface area contributed by atoms with Crippen LogP contribution in [0.3, 0.4) is 0 Å². The molecule has 19 nitrogen and oxygen atoms in total. The van der Waals surface area contributed by atoms with Crippen LogP contribution < -0.4 is 10.1 Å². The summed E-state index contributed by atoms with van der Waals surface area (Å²) in [6.45, 7) is 10.6. The number of benzene rings is 1. The number of ketones is 1. The quantitative estimate of drug-likeness (QED) is 0.339. The highest BCUT2D eigenvalue weighted by atomic mass is 19.1. The SMILES string of the molecule is CCCC1NC(=O)[C@H](C)N(C)C(=O)COc2cc(F)cc(c2)COC(=O)[C@@H]2CCCCN2C(=O)C(=O)C(C)(C)COC(=O)C=CCCCN(C)C(=O)[C@@H]2CCCN2C(=O)[C@H](COC(C)(C)C)N(C)C1=O. The van der Waals surface area contributed by atoms with Gasteiger partial charge in [-0.15, -0.1) is 0 Å². The van der Waals surface area contributed by atoms with Crippen molar-refractivity contribution in [1.29, 1.82) is 0 Å². The van der Waals surface area contributed by atoms with Crippen molar-refractivity contribution in [2.75, 3.05) is 60.6 Å². The molecular formula is C50H73FN6O13. The second-order valence-corrected chi connectivity index (χ2v) is 19.9. The number of esters is 2. The summed E-state index contributed by atoms with van der Waals surface area (Å²) in [6.07, 6.45) is 6.52. The van der Waals surface area contributed by atoms with Gasteiger partial charge in [0.05, 0.1) is 17.6 Å². The lowest BCUT2D eigenvalue weighted by molar-refractivity contribution is -0.162. The fourth-order valence-corrected chi connectivity index (χ4v) is 8.27. The molecule has 2 saturated heterocycles. The van der Waals surface area contributed by atoms with Crippen molar-refractivity contribution in [2.45, 2.75) is 149 Å². The number of nitrogens with one attached hydrogen (secondary N) is 1. The topological polar surface area (TPSA) is 219 Å². The number of carbonyl (C=O) groups excluding carboxylic acids is 9. The summed E-state index contributed by atoms with van der Waals surface area (Å²) in [5.41, 5.74) is -1.99. The Kier molecular flexibility index (Phi) is 20.5. The Morgan fingerprint density at radius 2 is 1.47 bits per heavy atom. The Bertz CT molecular complexity index is 2120. The van der Waals surface area contributed by atoms with Gasteiger partial charge < -0.3 is 48.8 Å². The van der Waals surface area contributed by atoms with Crippen LogP contribution in [0, 0.1) is 11.2 Å². The van der Waals surface area contributed by atoms with Crippen LogP contribution in [0.5, 0.6) is 5.75 Å². The van der Waals surface area contributed by atoms with E-state index < -0.39 is 114 Å². The van der Waals surface area contributed by atoms with Gasteiger partial charge in [0.15, 0.2) is 6.61 Å². The van der Waals surface area contributed by atoms with E-state index in [2.05, 4.69) is 5.32 Å². The largest absolute Gasteiger partial charge is 0.484 e. The molecule has 70 heavy (non-hydrogen) atoms. The maximum absolute atomic E-state index is 14.9. The van der Waals surface area contributed by atoms with Crippen molar-refractivity contribution in [3.8, 4) is 5.75 Å². The number of rotatable bonds is 4. The van der Waals surface area contributed by atoms with Gasteiger partial charge in [-0.3, -0.25) is 33.6 Å². The number of carbonyl (C=O) groups is 9. The number of hydrogen-bond acceptors (Lipinski definition) is 13. The summed E-state index contributed by atoms with van der Waals surface area (Å²) in [5, 5.41) is 2.76. The lowest BCUT2D eigenvalue weighted by Gasteiger charge is -2.37. The van der Waals surface area contributed by atoms with Gasteiger partial charge in [-0.25, -0.2) is 14.0 Å². The average Bonchev–Trinajstić information content (AvgIpc) is 3.82. The Balaban J connectivity index is 1.61. The van der Waals surface area contributed by atoms with Crippen molar-refractivity contribution < 1.29 is 66.5 Å². The van der Waals surface area contributed by atoms with Crippen LogP contribution in [0.2, 0.25) is 0 Å². The van der Waals surface area contributed by atoms with Gasteiger partial charge in [-0.05, 0) is 111 Å². The Labute approximate surface area is 410 Å². The molecule has 2 fully saturated rings. The molecule has 5 atom stereocenters. The fraction of sp³-hybridized carbons (Fsp3) is 0.660. The minimum atomic E-state index is -1.46. The number of amides is 6. The summed E-state index contributed by atoms with van der Waals surface area (Å²) >= 11 is 0. The maximum Gasteiger partial charge on any atom is 0.330 e. The predicted octanol–water partition coefficient (Wildman–Crippen LogP) is 3.34. The fourth-order valence-electron chi connectivity index (χ4n) is 8.27. The van der Waals surface area contributed by atoms with E-state index in [0.717, 1.165) is 21.9 Å². The van der Waals surface area contributed by atoms with Crippen LogP contribution in [0.15, 0.2) is 30.4 Å². The predicted molar refractivity (Wildman–Crippen MR) is 253 cm³/mol. The molecule has 3 aliphatic heterocycles. The van der Waals surface area contributed by atoms with Gasteiger partial charge in [0.25, 0.3) is 11.8 Å². The van der Waals surface area contributed by atoms with E-state index in [1.165, 1.54) is 61.7 Å². The third kappa shape index (κ3) is 15.5. The highest BCUT2D eigenvalue weighted by Crippen LogP contribution is 2.26. The normalized spacial score (nSPS) is 25.3. The zero-order valence-electron chi connectivity index (χ0n) is 42.5. The van der Waals surface area contributed by atoms with Crippen LogP contribution >= 0.6 is 0 Å². The van der Waals surface area contributed by atoms with Crippen LogP contribution in [-0.2, 0) is 64.0 Å². The molecule has 2 bridgehead atoms. The van der Waals surface area contributed by atoms with Gasteiger partial charge in [-0.2, -0.15) is 0 Å². The summed E-state index contributed by atoms with van der Waals surface area (Å²) in [4.78, 5) is 130. The number of halogens is 1. The minimum absolute atomic E-state index is 0.0797.